The van der Waals surface area contributed by atoms with Crippen LogP contribution in [-0.2, 0) is 24.2 Å². The fourth-order valence-corrected chi connectivity index (χ4v) is 5.61. The minimum absolute atomic E-state index is 0.0217. The zero-order valence-electron chi connectivity index (χ0n) is 18.2. The van der Waals surface area contributed by atoms with Gasteiger partial charge in [-0.3, -0.25) is 4.79 Å². The number of methoxy groups -OCH3 is 1. The molecule has 1 unspecified atom stereocenters. The SMILES string of the molecule is COc1cc(Cl)c(C)cc1NC(=O)COC(=O)/C=C/c1c(C)nn(C2CCS(=O)(=O)C2)c1Cl. The number of halogens is 2. The molecular formula is C21H23Cl2N3O6S. The molecule has 1 aliphatic rings. The van der Waals surface area contributed by atoms with E-state index in [1.54, 1.807) is 26.0 Å². The molecule has 1 N–H and O–H groups in total. The van der Waals surface area contributed by atoms with Crippen LogP contribution in [0.15, 0.2) is 18.2 Å². The van der Waals surface area contributed by atoms with Crippen molar-refractivity contribution < 1.29 is 27.5 Å². The number of amides is 1. The van der Waals surface area contributed by atoms with Gasteiger partial charge in [0.05, 0.1) is 36.0 Å². The molecule has 1 amide bonds. The molecule has 1 atom stereocenters. The fraction of sp³-hybridized carbons (Fsp3) is 0.381. The number of anilines is 1. The van der Waals surface area contributed by atoms with E-state index in [0.29, 0.717) is 34.1 Å². The molecular weight excluding hydrogens is 493 g/mol. The van der Waals surface area contributed by atoms with Crippen molar-refractivity contribution in [1.29, 1.82) is 0 Å². The highest BCUT2D eigenvalue weighted by Gasteiger charge is 2.31. The smallest absolute Gasteiger partial charge is 0.331 e. The van der Waals surface area contributed by atoms with Crippen LogP contribution in [-0.4, -0.2) is 55.3 Å². The van der Waals surface area contributed by atoms with E-state index in [4.69, 9.17) is 32.7 Å². The number of nitrogens with zero attached hydrogens (tertiary/aromatic N) is 2. The molecule has 12 heteroatoms. The van der Waals surface area contributed by atoms with Crippen LogP contribution in [0.1, 0.15) is 29.3 Å². The first-order valence-electron chi connectivity index (χ1n) is 9.94. The number of hydrogen-bond donors (Lipinski definition) is 1. The molecule has 1 aromatic heterocycles. The van der Waals surface area contributed by atoms with Gasteiger partial charge in [-0.25, -0.2) is 17.9 Å². The number of ether oxygens (including phenoxy) is 2. The monoisotopic (exact) mass is 515 g/mol. The van der Waals surface area contributed by atoms with Crippen molar-refractivity contribution in [3.8, 4) is 5.75 Å². The minimum Gasteiger partial charge on any atom is -0.495 e. The maximum atomic E-state index is 12.2. The first-order valence-corrected chi connectivity index (χ1v) is 12.5. The first kappa shape index (κ1) is 25.1. The highest BCUT2D eigenvalue weighted by molar-refractivity contribution is 7.91. The molecule has 0 saturated carbocycles. The highest BCUT2D eigenvalue weighted by atomic mass is 35.5. The predicted octanol–water partition coefficient (Wildman–Crippen LogP) is 3.37. The van der Waals surface area contributed by atoms with Crippen molar-refractivity contribution in [1.82, 2.24) is 9.78 Å². The second kappa shape index (κ2) is 10.1. The average Bonchev–Trinajstić information content (AvgIpc) is 3.25. The van der Waals surface area contributed by atoms with Crippen molar-refractivity contribution in [3.05, 3.63) is 45.2 Å². The van der Waals surface area contributed by atoms with E-state index < -0.39 is 28.3 Å². The van der Waals surface area contributed by atoms with E-state index >= 15 is 0 Å². The average molecular weight is 516 g/mol. The third kappa shape index (κ3) is 6.07. The van der Waals surface area contributed by atoms with Crippen molar-refractivity contribution in [2.75, 3.05) is 30.5 Å². The number of rotatable bonds is 7. The Bertz CT molecular complexity index is 1220. The van der Waals surface area contributed by atoms with E-state index in [1.807, 2.05) is 0 Å². The Balaban J connectivity index is 1.60. The second-order valence-corrected chi connectivity index (χ2v) is 10.6. The lowest BCUT2D eigenvalue weighted by Crippen LogP contribution is -2.20. The standard InChI is InChI=1S/C21H23Cl2N3O6S/c1-12-8-17(18(31-3)9-16(12)22)24-19(27)10-32-20(28)5-4-15-13(2)25-26(21(15)23)14-6-7-33(29,30)11-14/h4-5,8-9,14H,6-7,10-11H2,1-3H3,(H,24,27)/b5-4+. The van der Waals surface area contributed by atoms with Gasteiger partial charge in [0.25, 0.3) is 5.91 Å². The van der Waals surface area contributed by atoms with Gasteiger partial charge in [-0.1, -0.05) is 23.2 Å². The van der Waals surface area contributed by atoms with E-state index in [0.717, 1.165) is 11.6 Å². The van der Waals surface area contributed by atoms with E-state index in [1.165, 1.54) is 17.9 Å². The number of carbonyl (C=O) groups is 2. The Morgan fingerprint density at radius 2 is 2.03 bits per heavy atom. The fourth-order valence-electron chi connectivity index (χ4n) is 3.38. The van der Waals surface area contributed by atoms with Gasteiger partial charge in [-0.05, 0) is 38.0 Å². The number of aryl methyl sites for hydroxylation is 2. The van der Waals surface area contributed by atoms with Crippen molar-refractivity contribution in [2.24, 2.45) is 0 Å². The summed E-state index contributed by atoms with van der Waals surface area (Å²) in [7, 11) is -1.65. The molecule has 0 bridgehead atoms. The summed E-state index contributed by atoms with van der Waals surface area (Å²) in [4.78, 5) is 24.3. The maximum absolute atomic E-state index is 12.2. The Morgan fingerprint density at radius 1 is 1.30 bits per heavy atom. The lowest BCUT2D eigenvalue weighted by molar-refractivity contribution is -0.142. The molecule has 2 heterocycles. The van der Waals surface area contributed by atoms with Crippen LogP contribution in [0.5, 0.6) is 5.75 Å². The van der Waals surface area contributed by atoms with Crippen LogP contribution in [0.3, 0.4) is 0 Å². The number of benzene rings is 1. The minimum atomic E-state index is -3.10. The zero-order valence-corrected chi connectivity index (χ0v) is 20.6. The van der Waals surface area contributed by atoms with Gasteiger partial charge in [-0.2, -0.15) is 5.10 Å². The van der Waals surface area contributed by atoms with Gasteiger partial charge in [0.2, 0.25) is 0 Å². The van der Waals surface area contributed by atoms with Gasteiger partial charge in [0, 0.05) is 22.7 Å². The third-order valence-electron chi connectivity index (χ3n) is 5.11. The summed E-state index contributed by atoms with van der Waals surface area (Å²) in [5.41, 5.74) is 2.16. The van der Waals surface area contributed by atoms with Crippen LogP contribution >= 0.6 is 23.2 Å². The summed E-state index contributed by atoms with van der Waals surface area (Å²) < 4.78 is 35.1. The number of aromatic nitrogens is 2. The summed E-state index contributed by atoms with van der Waals surface area (Å²) in [6.07, 6.45) is 2.99. The zero-order chi connectivity index (χ0) is 24.3. The van der Waals surface area contributed by atoms with Crippen LogP contribution in [0, 0.1) is 13.8 Å². The summed E-state index contributed by atoms with van der Waals surface area (Å²) in [6.45, 7) is 2.97. The molecule has 0 spiro atoms. The van der Waals surface area contributed by atoms with Gasteiger partial charge >= 0.3 is 5.97 Å². The van der Waals surface area contributed by atoms with Gasteiger partial charge < -0.3 is 14.8 Å². The van der Waals surface area contributed by atoms with E-state index in [9.17, 15) is 18.0 Å². The van der Waals surface area contributed by atoms with Crippen LogP contribution < -0.4 is 10.1 Å². The lowest BCUT2D eigenvalue weighted by atomic mass is 10.2. The summed E-state index contributed by atoms with van der Waals surface area (Å²) in [5.74, 6) is -0.861. The molecule has 178 valence electrons. The molecule has 33 heavy (non-hydrogen) atoms. The molecule has 1 aliphatic heterocycles. The molecule has 0 aliphatic carbocycles. The molecule has 0 radical (unpaired) electrons. The Hall–Kier alpha value is -2.56. The Labute approximate surface area is 201 Å². The highest BCUT2D eigenvalue weighted by Crippen LogP contribution is 2.31. The molecule has 2 aromatic rings. The third-order valence-corrected chi connectivity index (χ3v) is 7.65. The molecule has 3 rings (SSSR count). The number of sulfone groups is 1. The largest absolute Gasteiger partial charge is 0.495 e. The molecule has 1 aromatic carbocycles. The molecule has 1 fully saturated rings. The Morgan fingerprint density at radius 3 is 2.67 bits per heavy atom. The lowest BCUT2D eigenvalue weighted by Gasteiger charge is -2.12. The van der Waals surface area contributed by atoms with Crippen molar-refractivity contribution >= 4 is 56.7 Å². The number of esters is 1. The first-order chi connectivity index (χ1) is 15.5. The van der Waals surface area contributed by atoms with Gasteiger partial charge in [0.15, 0.2) is 16.4 Å². The maximum Gasteiger partial charge on any atom is 0.331 e. The predicted molar refractivity (Wildman–Crippen MR) is 126 cm³/mol. The number of hydrogen-bond acceptors (Lipinski definition) is 7. The van der Waals surface area contributed by atoms with Crippen molar-refractivity contribution in [2.45, 2.75) is 26.3 Å². The van der Waals surface area contributed by atoms with Crippen LogP contribution in [0.4, 0.5) is 5.69 Å². The van der Waals surface area contributed by atoms with Crippen molar-refractivity contribution in [3.63, 3.8) is 0 Å². The number of nitrogens with one attached hydrogen (secondary N) is 1. The normalized spacial score (nSPS) is 17.3. The van der Waals surface area contributed by atoms with Gasteiger partial charge in [0.1, 0.15) is 10.9 Å². The van der Waals surface area contributed by atoms with Crippen LogP contribution in [0.2, 0.25) is 10.2 Å². The summed E-state index contributed by atoms with van der Waals surface area (Å²) >= 11 is 12.4. The molecule has 9 nitrogen and oxygen atoms in total. The van der Waals surface area contributed by atoms with E-state index in [2.05, 4.69) is 10.4 Å². The quantitative estimate of drug-likeness (QED) is 0.443. The van der Waals surface area contributed by atoms with Gasteiger partial charge in [-0.15, -0.1) is 0 Å². The Kier molecular flexibility index (Phi) is 7.71. The van der Waals surface area contributed by atoms with E-state index in [-0.39, 0.29) is 22.7 Å². The topological polar surface area (TPSA) is 117 Å². The molecule has 1 saturated heterocycles. The number of carbonyl (C=O) groups excluding carboxylic acids is 2. The summed E-state index contributed by atoms with van der Waals surface area (Å²) in [5, 5.41) is 7.66. The van der Waals surface area contributed by atoms with Crippen LogP contribution in [0.25, 0.3) is 6.08 Å². The second-order valence-electron chi connectivity index (χ2n) is 7.58. The summed E-state index contributed by atoms with van der Waals surface area (Å²) in [6, 6.07) is 2.89.